The maximum atomic E-state index is 12.6. The lowest BCUT2D eigenvalue weighted by Crippen LogP contribution is -2.14. The molecule has 1 N–H and O–H groups in total. The Hall–Kier alpha value is -2.95. The Morgan fingerprint density at radius 3 is 2.78 bits per heavy atom. The summed E-state index contributed by atoms with van der Waals surface area (Å²) in [7, 11) is 0. The van der Waals surface area contributed by atoms with Gasteiger partial charge in [-0.2, -0.15) is 5.10 Å². The molecule has 0 spiro atoms. The number of nitrogens with zero attached hydrogens (tertiary/aromatic N) is 3. The first-order chi connectivity index (χ1) is 11.2. The number of hydrogen-bond donors (Lipinski definition) is 1. The van der Waals surface area contributed by atoms with E-state index in [1.54, 1.807) is 17.1 Å². The van der Waals surface area contributed by atoms with Crippen LogP contribution in [0.3, 0.4) is 0 Å². The number of hydrogen-bond acceptors (Lipinski definition) is 3. The van der Waals surface area contributed by atoms with Crippen LogP contribution >= 0.6 is 0 Å². The van der Waals surface area contributed by atoms with Gasteiger partial charge in [-0.1, -0.05) is 25.1 Å². The molecule has 0 atom stereocenters. The van der Waals surface area contributed by atoms with Gasteiger partial charge < -0.3 is 5.32 Å². The van der Waals surface area contributed by atoms with Gasteiger partial charge in [0.05, 0.1) is 17.5 Å². The van der Waals surface area contributed by atoms with Crippen molar-refractivity contribution in [3.05, 3.63) is 71.7 Å². The molecule has 0 aliphatic carbocycles. The molecule has 0 fully saturated rings. The Balaban J connectivity index is 1.91. The molecular weight excluding hydrogens is 288 g/mol. The maximum absolute atomic E-state index is 12.6. The molecular formula is C18H18N4O. The Labute approximate surface area is 135 Å². The van der Waals surface area contributed by atoms with Crippen LogP contribution in [0.1, 0.15) is 28.5 Å². The Bertz CT molecular complexity index is 824. The molecule has 0 aliphatic rings. The molecule has 3 rings (SSSR count). The third-order valence-electron chi connectivity index (χ3n) is 3.59. The molecule has 116 valence electrons. The molecule has 0 saturated heterocycles. The third kappa shape index (κ3) is 3.13. The Morgan fingerprint density at radius 1 is 1.22 bits per heavy atom. The van der Waals surface area contributed by atoms with Crippen LogP contribution < -0.4 is 5.32 Å². The molecule has 0 unspecified atom stereocenters. The minimum absolute atomic E-state index is 0.158. The smallest absolute Gasteiger partial charge is 0.259 e. The quantitative estimate of drug-likeness (QED) is 0.803. The van der Waals surface area contributed by atoms with Crippen LogP contribution in [0, 0.1) is 6.92 Å². The molecule has 1 amide bonds. The zero-order chi connectivity index (χ0) is 16.2. The predicted octanol–water partition coefficient (Wildman–Crippen LogP) is 3.39. The van der Waals surface area contributed by atoms with E-state index < -0.39 is 0 Å². The summed E-state index contributed by atoms with van der Waals surface area (Å²) in [5, 5.41) is 7.26. The second kappa shape index (κ2) is 6.44. The second-order valence-corrected chi connectivity index (χ2v) is 5.28. The largest absolute Gasteiger partial charge is 0.322 e. The van der Waals surface area contributed by atoms with Crippen molar-refractivity contribution < 1.29 is 4.79 Å². The van der Waals surface area contributed by atoms with E-state index >= 15 is 0 Å². The standard InChI is InChI=1S/C18H18N4O/c1-3-16-15(12-20-22(16)17-9-4-5-10-19-17)18(23)21-14-8-6-7-13(2)11-14/h4-12H,3H2,1-2H3,(H,21,23). The zero-order valence-electron chi connectivity index (χ0n) is 13.2. The van der Waals surface area contributed by atoms with Gasteiger partial charge in [-0.05, 0) is 43.2 Å². The summed E-state index contributed by atoms with van der Waals surface area (Å²) >= 11 is 0. The first-order valence-electron chi connectivity index (χ1n) is 7.55. The fourth-order valence-corrected chi connectivity index (χ4v) is 2.50. The second-order valence-electron chi connectivity index (χ2n) is 5.28. The number of anilines is 1. The van der Waals surface area contributed by atoms with Crippen LogP contribution in [0.5, 0.6) is 0 Å². The predicted molar refractivity (Wildman–Crippen MR) is 89.9 cm³/mol. The maximum Gasteiger partial charge on any atom is 0.259 e. The van der Waals surface area contributed by atoms with Crippen molar-refractivity contribution in [3.63, 3.8) is 0 Å². The van der Waals surface area contributed by atoms with E-state index in [0.717, 1.165) is 16.9 Å². The summed E-state index contributed by atoms with van der Waals surface area (Å²) < 4.78 is 1.71. The fourth-order valence-electron chi connectivity index (χ4n) is 2.50. The Kier molecular flexibility index (Phi) is 4.19. The van der Waals surface area contributed by atoms with Crippen molar-refractivity contribution in [3.8, 4) is 5.82 Å². The highest BCUT2D eigenvalue weighted by atomic mass is 16.1. The highest BCUT2D eigenvalue weighted by Gasteiger charge is 2.17. The first-order valence-corrected chi connectivity index (χ1v) is 7.55. The number of nitrogens with one attached hydrogen (secondary N) is 1. The van der Waals surface area contributed by atoms with Gasteiger partial charge >= 0.3 is 0 Å². The number of carbonyl (C=O) groups is 1. The van der Waals surface area contributed by atoms with Crippen molar-refractivity contribution in [1.82, 2.24) is 14.8 Å². The summed E-state index contributed by atoms with van der Waals surface area (Å²) in [4.78, 5) is 16.9. The van der Waals surface area contributed by atoms with Crippen LogP contribution in [0.15, 0.2) is 54.9 Å². The van der Waals surface area contributed by atoms with Gasteiger partial charge in [-0.15, -0.1) is 0 Å². The topological polar surface area (TPSA) is 59.8 Å². The van der Waals surface area contributed by atoms with Gasteiger partial charge in [0.25, 0.3) is 5.91 Å². The molecule has 0 saturated carbocycles. The molecule has 23 heavy (non-hydrogen) atoms. The van der Waals surface area contributed by atoms with Crippen molar-refractivity contribution >= 4 is 11.6 Å². The van der Waals surface area contributed by atoms with Gasteiger partial charge in [0.15, 0.2) is 5.82 Å². The fraction of sp³-hybridized carbons (Fsp3) is 0.167. The molecule has 5 nitrogen and oxygen atoms in total. The monoisotopic (exact) mass is 306 g/mol. The number of benzene rings is 1. The number of rotatable bonds is 4. The number of amides is 1. The summed E-state index contributed by atoms with van der Waals surface area (Å²) in [6, 6.07) is 13.3. The van der Waals surface area contributed by atoms with E-state index in [-0.39, 0.29) is 5.91 Å². The normalized spacial score (nSPS) is 10.5. The van der Waals surface area contributed by atoms with Gasteiger partial charge in [0.1, 0.15) is 0 Å². The van der Waals surface area contributed by atoms with E-state index in [4.69, 9.17) is 0 Å². The lowest BCUT2D eigenvalue weighted by Gasteiger charge is -2.08. The SMILES string of the molecule is CCc1c(C(=O)Nc2cccc(C)c2)cnn1-c1ccccn1. The van der Waals surface area contributed by atoms with Crippen LogP contribution in [-0.4, -0.2) is 20.7 Å². The summed E-state index contributed by atoms with van der Waals surface area (Å²) in [5.41, 5.74) is 3.29. The third-order valence-corrected chi connectivity index (χ3v) is 3.59. The van der Waals surface area contributed by atoms with E-state index in [0.29, 0.717) is 17.8 Å². The molecule has 5 heteroatoms. The molecule has 0 bridgehead atoms. The molecule has 0 radical (unpaired) electrons. The van der Waals surface area contributed by atoms with Gasteiger partial charge in [0, 0.05) is 11.9 Å². The van der Waals surface area contributed by atoms with Crippen LogP contribution in [-0.2, 0) is 6.42 Å². The van der Waals surface area contributed by atoms with Crippen molar-refractivity contribution in [1.29, 1.82) is 0 Å². The van der Waals surface area contributed by atoms with Crippen LogP contribution in [0.2, 0.25) is 0 Å². The van der Waals surface area contributed by atoms with E-state index in [1.807, 2.05) is 56.3 Å². The Morgan fingerprint density at radius 2 is 2.09 bits per heavy atom. The zero-order valence-corrected chi connectivity index (χ0v) is 13.2. The lowest BCUT2D eigenvalue weighted by molar-refractivity contribution is 0.102. The highest BCUT2D eigenvalue weighted by Crippen LogP contribution is 2.17. The van der Waals surface area contributed by atoms with E-state index in [2.05, 4.69) is 15.4 Å². The van der Waals surface area contributed by atoms with Crippen LogP contribution in [0.25, 0.3) is 5.82 Å². The minimum atomic E-state index is -0.158. The highest BCUT2D eigenvalue weighted by molar-refractivity contribution is 6.05. The minimum Gasteiger partial charge on any atom is -0.322 e. The number of aromatic nitrogens is 3. The number of aryl methyl sites for hydroxylation is 1. The lowest BCUT2D eigenvalue weighted by atomic mass is 10.1. The average molecular weight is 306 g/mol. The van der Waals surface area contributed by atoms with E-state index in [9.17, 15) is 4.79 Å². The molecule has 0 aliphatic heterocycles. The van der Waals surface area contributed by atoms with Crippen molar-refractivity contribution in [2.24, 2.45) is 0 Å². The summed E-state index contributed by atoms with van der Waals surface area (Å²) in [6.07, 6.45) is 3.99. The van der Waals surface area contributed by atoms with E-state index in [1.165, 1.54) is 0 Å². The van der Waals surface area contributed by atoms with Gasteiger partial charge in [0.2, 0.25) is 0 Å². The summed E-state index contributed by atoms with van der Waals surface area (Å²) in [5.74, 6) is 0.550. The molecule has 2 aromatic heterocycles. The first kappa shape index (κ1) is 15.0. The molecule has 3 aromatic rings. The number of pyridine rings is 1. The van der Waals surface area contributed by atoms with Gasteiger partial charge in [-0.25, -0.2) is 9.67 Å². The average Bonchev–Trinajstić information content (AvgIpc) is 2.99. The van der Waals surface area contributed by atoms with Gasteiger partial charge in [-0.3, -0.25) is 4.79 Å². The summed E-state index contributed by atoms with van der Waals surface area (Å²) in [6.45, 7) is 3.99. The molecule has 1 aromatic carbocycles. The van der Waals surface area contributed by atoms with Crippen molar-refractivity contribution in [2.45, 2.75) is 20.3 Å². The number of carbonyl (C=O) groups excluding carboxylic acids is 1. The van der Waals surface area contributed by atoms with Crippen LogP contribution in [0.4, 0.5) is 5.69 Å². The molecule has 2 heterocycles. The van der Waals surface area contributed by atoms with Crippen molar-refractivity contribution in [2.75, 3.05) is 5.32 Å².